The van der Waals surface area contributed by atoms with Crippen molar-refractivity contribution in [1.29, 1.82) is 0 Å². The van der Waals surface area contributed by atoms with Crippen LogP contribution >= 0.6 is 27.5 Å². The van der Waals surface area contributed by atoms with Gasteiger partial charge in [-0.1, -0.05) is 35.4 Å². The van der Waals surface area contributed by atoms with Crippen LogP contribution < -0.4 is 9.64 Å². The summed E-state index contributed by atoms with van der Waals surface area (Å²) < 4.78 is 11.4. The van der Waals surface area contributed by atoms with Crippen LogP contribution in [0.15, 0.2) is 98.4 Å². The van der Waals surface area contributed by atoms with Gasteiger partial charge in [-0.15, -0.1) is 0 Å². The van der Waals surface area contributed by atoms with Crippen LogP contribution in [0.1, 0.15) is 24.3 Å². The number of halogens is 2. The van der Waals surface area contributed by atoms with Crippen LogP contribution in [0.2, 0.25) is 5.02 Å². The topological polar surface area (TPSA) is 127 Å². The zero-order valence-electron chi connectivity index (χ0n) is 24.7. The molecule has 9 nitrogen and oxygen atoms in total. The lowest BCUT2D eigenvalue weighted by Crippen LogP contribution is -2.39. The van der Waals surface area contributed by atoms with Crippen molar-refractivity contribution in [3.63, 3.8) is 0 Å². The summed E-state index contributed by atoms with van der Waals surface area (Å²) in [6.07, 6.45) is 3.58. The molecule has 1 fully saturated rings. The lowest BCUT2D eigenvalue weighted by Gasteiger charge is -2.42. The van der Waals surface area contributed by atoms with Crippen molar-refractivity contribution in [3.05, 3.63) is 105 Å². The molecule has 47 heavy (non-hydrogen) atoms. The first kappa shape index (κ1) is 29.6. The SMILES string of the molecule is COc1cc([C@H]2C3=CC[C@@H]4C(=O)N(c5ccc(-c6nc7ccccc7o6)cc5)C(=O)[C@@H]4[C@@H]3CC3=C2C(=O)C=C(Br)C3=O)cc(Cl)c1O. The van der Waals surface area contributed by atoms with Gasteiger partial charge in [0.25, 0.3) is 0 Å². The van der Waals surface area contributed by atoms with Gasteiger partial charge in [0.15, 0.2) is 28.6 Å². The number of rotatable bonds is 4. The third kappa shape index (κ3) is 4.46. The van der Waals surface area contributed by atoms with Gasteiger partial charge in [0.05, 0.1) is 34.1 Å². The number of ether oxygens (including phenoxy) is 1. The van der Waals surface area contributed by atoms with E-state index in [1.807, 2.05) is 30.3 Å². The lowest BCUT2D eigenvalue weighted by molar-refractivity contribution is -0.123. The average molecular weight is 712 g/mol. The van der Waals surface area contributed by atoms with Crippen LogP contribution in [0.25, 0.3) is 22.6 Å². The Morgan fingerprint density at radius 3 is 2.53 bits per heavy atom. The molecule has 1 aliphatic heterocycles. The molecular weight excluding hydrogens is 688 g/mol. The third-order valence-corrected chi connectivity index (χ3v) is 10.5. The second-order valence-corrected chi connectivity index (χ2v) is 13.3. The Morgan fingerprint density at radius 2 is 1.79 bits per heavy atom. The predicted octanol–water partition coefficient (Wildman–Crippen LogP) is 6.83. The minimum Gasteiger partial charge on any atom is -0.503 e. The number of methoxy groups -OCH3 is 1. The Kier molecular flexibility index (Phi) is 6.86. The van der Waals surface area contributed by atoms with Crippen LogP contribution in [0.3, 0.4) is 0 Å². The van der Waals surface area contributed by atoms with E-state index in [1.165, 1.54) is 18.1 Å². The number of phenolic OH excluding ortho intramolecular Hbond substituents is 1. The van der Waals surface area contributed by atoms with Gasteiger partial charge in [-0.05, 0) is 88.8 Å². The van der Waals surface area contributed by atoms with Crippen molar-refractivity contribution in [1.82, 2.24) is 4.98 Å². The van der Waals surface area contributed by atoms with Gasteiger partial charge in [0.2, 0.25) is 17.7 Å². The number of fused-ring (bicyclic) bond motifs is 4. The lowest BCUT2D eigenvalue weighted by atomic mass is 9.59. The number of ketones is 2. The molecule has 4 aromatic rings. The molecule has 3 aromatic carbocycles. The predicted molar refractivity (Wildman–Crippen MR) is 176 cm³/mol. The quantitative estimate of drug-likeness (QED) is 0.139. The fourth-order valence-electron chi connectivity index (χ4n) is 7.51. The number of carbonyl (C=O) groups excluding carboxylic acids is 4. The van der Waals surface area contributed by atoms with Gasteiger partial charge < -0.3 is 14.3 Å². The molecule has 0 saturated carbocycles. The highest BCUT2D eigenvalue weighted by molar-refractivity contribution is 9.12. The summed E-state index contributed by atoms with van der Waals surface area (Å²) in [4.78, 5) is 61.0. The molecule has 4 aliphatic rings. The zero-order chi connectivity index (χ0) is 32.7. The summed E-state index contributed by atoms with van der Waals surface area (Å²) in [6, 6.07) is 17.5. The summed E-state index contributed by atoms with van der Waals surface area (Å²) >= 11 is 9.63. The zero-order valence-corrected chi connectivity index (χ0v) is 27.0. The second kappa shape index (κ2) is 10.9. The van der Waals surface area contributed by atoms with Gasteiger partial charge in [-0.3, -0.25) is 24.1 Å². The number of amides is 2. The fourth-order valence-corrected chi connectivity index (χ4v) is 8.17. The average Bonchev–Trinajstić information content (AvgIpc) is 3.62. The Labute approximate surface area is 281 Å². The maximum atomic E-state index is 14.3. The maximum Gasteiger partial charge on any atom is 0.238 e. The van der Waals surface area contributed by atoms with Crippen LogP contribution in [0, 0.1) is 17.8 Å². The van der Waals surface area contributed by atoms with E-state index in [0.717, 1.165) is 11.1 Å². The first-order chi connectivity index (χ1) is 22.7. The molecule has 0 radical (unpaired) electrons. The molecular formula is C36H24BrClN2O7. The third-order valence-electron chi connectivity index (χ3n) is 9.60. The minimum absolute atomic E-state index is 0.0174. The molecule has 3 aliphatic carbocycles. The van der Waals surface area contributed by atoms with Crippen molar-refractivity contribution in [2.45, 2.75) is 18.8 Å². The van der Waals surface area contributed by atoms with Crippen molar-refractivity contribution < 1.29 is 33.4 Å². The number of para-hydroxylation sites is 2. The standard InChI is InChI=1S/C36H24BrClN2O7/c1-46-28-13-17(12-24(38)33(28)43)29-19-10-11-20-30(21(19)14-22-31(29)26(41)15-23(37)32(22)42)36(45)40(35(20)44)18-8-6-16(7-9-18)34-39-25-4-2-3-5-27(25)47-34/h2-10,12-13,15,20-21,29-30,43H,11,14H2,1H3/t20-,21+,29-,30-/m0/s1. The summed E-state index contributed by atoms with van der Waals surface area (Å²) in [7, 11) is 1.39. The van der Waals surface area contributed by atoms with E-state index in [-0.39, 0.29) is 57.2 Å². The summed E-state index contributed by atoms with van der Waals surface area (Å²) in [5.74, 6) is -3.74. The van der Waals surface area contributed by atoms with Gasteiger partial charge in [-0.25, -0.2) is 4.98 Å². The van der Waals surface area contributed by atoms with E-state index >= 15 is 0 Å². The van der Waals surface area contributed by atoms with Gasteiger partial charge in [0.1, 0.15) is 5.52 Å². The number of carbonyl (C=O) groups is 4. The fraction of sp³-hybridized carbons (Fsp3) is 0.194. The number of aromatic nitrogens is 1. The van der Waals surface area contributed by atoms with Crippen molar-refractivity contribution >= 4 is 67.7 Å². The molecule has 1 N–H and O–H groups in total. The number of benzene rings is 3. The molecule has 0 bridgehead atoms. The van der Waals surface area contributed by atoms with E-state index < -0.39 is 23.7 Å². The summed E-state index contributed by atoms with van der Waals surface area (Å²) in [5, 5.41) is 10.5. The first-order valence-corrected chi connectivity index (χ1v) is 16.1. The molecule has 2 amide bonds. The molecule has 1 aromatic heterocycles. The number of Topliss-reactive ketones (excluding diaryl/α,β-unsaturated/α-hetero) is 1. The van der Waals surface area contributed by atoms with Crippen LogP contribution in [-0.2, 0) is 19.2 Å². The monoisotopic (exact) mass is 710 g/mol. The van der Waals surface area contributed by atoms with E-state index in [0.29, 0.717) is 39.4 Å². The number of nitrogens with zero attached hydrogens (tertiary/aromatic N) is 2. The highest BCUT2D eigenvalue weighted by Crippen LogP contribution is 2.56. The smallest absolute Gasteiger partial charge is 0.238 e. The van der Waals surface area contributed by atoms with Crippen molar-refractivity contribution in [2.24, 2.45) is 17.8 Å². The maximum absolute atomic E-state index is 14.3. The normalized spacial score (nSPS) is 23.9. The van der Waals surface area contributed by atoms with E-state index in [9.17, 15) is 24.3 Å². The number of hydrogen-bond acceptors (Lipinski definition) is 8. The Bertz CT molecular complexity index is 2150. The van der Waals surface area contributed by atoms with E-state index in [1.54, 1.807) is 36.4 Å². The number of hydrogen-bond donors (Lipinski definition) is 1. The number of phenols is 1. The number of allylic oxidation sites excluding steroid dienone is 6. The largest absolute Gasteiger partial charge is 0.503 e. The summed E-state index contributed by atoms with van der Waals surface area (Å²) in [5.41, 5.74) is 4.38. The van der Waals surface area contributed by atoms with Gasteiger partial charge >= 0.3 is 0 Å². The number of imide groups is 1. The molecule has 4 atom stereocenters. The van der Waals surface area contributed by atoms with Crippen molar-refractivity contribution in [2.75, 3.05) is 12.0 Å². The van der Waals surface area contributed by atoms with Crippen molar-refractivity contribution in [3.8, 4) is 23.0 Å². The van der Waals surface area contributed by atoms with Crippen LogP contribution in [0.4, 0.5) is 5.69 Å². The van der Waals surface area contributed by atoms with E-state index in [2.05, 4.69) is 20.9 Å². The molecule has 0 spiro atoms. The van der Waals surface area contributed by atoms with Gasteiger partial charge in [-0.2, -0.15) is 0 Å². The molecule has 0 unspecified atom stereocenters. The first-order valence-electron chi connectivity index (χ1n) is 15.0. The minimum atomic E-state index is -0.752. The second-order valence-electron chi connectivity index (χ2n) is 12.0. The summed E-state index contributed by atoms with van der Waals surface area (Å²) in [6.45, 7) is 0. The number of aromatic hydroxyl groups is 1. The molecule has 234 valence electrons. The van der Waals surface area contributed by atoms with Crippen LogP contribution in [0.5, 0.6) is 11.5 Å². The Balaban J connectivity index is 1.18. The molecule has 11 heteroatoms. The highest BCUT2D eigenvalue weighted by atomic mass is 79.9. The van der Waals surface area contributed by atoms with E-state index in [4.69, 9.17) is 20.8 Å². The van der Waals surface area contributed by atoms with Gasteiger partial charge in [0, 0.05) is 28.7 Å². The Morgan fingerprint density at radius 1 is 1.02 bits per heavy atom. The van der Waals surface area contributed by atoms with Crippen LogP contribution in [-0.4, -0.2) is 40.6 Å². The molecule has 1 saturated heterocycles. The highest BCUT2D eigenvalue weighted by Gasteiger charge is 2.56. The Hall–Kier alpha value is -4.80. The number of anilines is 1. The molecule has 2 heterocycles. The number of oxazole rings is 1. The molecule has 8 rings (SSSR count).